The van der Waals surface area contributed by atoms with Crippen LogP contribution in [-0.2, 0) is 11.0 Å². The van der Waals surface area contributed by atoms with Crippen LogP contribution in [-0.4, -0.2) is 16.5 Å². The van der Waals surface area contributed by atoms with Crippen molar-refractivity contribution in [2.24, 2.45) is 0 Å². The highest BCUT2D eigenvalue weighted by Gasteiger charge is 2.36. The van der Waals surface area contributed by atoms with Crippen LogP contribution in [0.4, 0.5) is 13.2 Å². The molecular formula is C13H14ClF3O2. The van der Waals surface area contributed by atoms with E-state index in [4.69, 9.17) is 16.7 Å². The molecule has 0 saturated heterocycles. The minimum absolute atomic E-state index is 0.0765. The number of aliphatic carboxylic acids is 1. The van der Waals surface area contributed by atoms with Crippen LogP contribution >= 0.6 is 11.6 Å². The van der Waals surface area contributed by atoms with Crippen LogP contribution in [0.1, 0.15) is 36.8 Å². The van der Waals surface area contributed by atoms with E-state index in [0.717, 1.165) is 6.07 Å². The van der Waals surface area contributed by atoms with E-state index in [1.807, 2.05) is 0 Å². The van der Waals surface area contributed by atoms with Crippen LogP contribution < -0.4 is 0 Å². The van der Waals surface area contributed by atoms with Crippen LogP contribution in [0.3, 0.4) is 0 Å². The summed E-state index contributed by atoms with van der Waals surface area (Å²) in [5.74, 6) is -2.46. The van der Waals surface area contributed by atoms with E-state index in [1.165, 1.54) is 18.2 Å². The highest BCUT2D eigenvalue weighted by molar-refractivity contribution is 6.20. The zero-order valence-corrected chi connectivity index (χ0v) is 11.0. The topological polar surface area (TPSA) is 37.3 Å². The highest BCUT2D eigenvalue weighted by atomic mass is 35.5. The number of carboxylic acids is 1. The van der Waals surface area contributed by atoms with Crippen molar-refractivity contribution >= 4 is 17.6 Å². The predicted molar refractivity (Wildman–Crippen MR) is 66.4 cm³/mol. The Kier molecular flexibility index (Phi) is 5.23. The molecule has 1 N–H and O–H groups in total. The van der Waals surface area contributed by atoms with Crippen molar-refractivity contribution in [2.45, 2.75) is 37.2 Å². The number of alkyl halides is 4. The van der Waals surface area contributed by atoms with Gasteiger partial charge in [-0.25, -0.2) is 0 Å². The van der Waals surface area contributed by atoms with E-state index in [1.54, 1.807) is 6.92 Å². The quantitative estimate of drug-likeness (QED) is 0.823. The normalized spacial score (nSPS) is 15.0. The maximum absolute atomic E-state index is 12.9. The first-order chi connectivity index (χ1) is 8.73. The summed E-state index contributed by atoms with van der Waals surface area (Å²) < 4.78 is 38.6. The van der Waals surface area contributed by atoms with Gasteiger partial charge in [-0.2, -0.15) is 13.2 Å². The summed E-state index contributed by atoms with van der Waals surface area (Å²) in [6, 6.07) is 4.76. The smallest absolute Gasteiger partial charge is 0.416 e. The Balaban J connectivity index is 3.13. The van der Waals surface area contributed by atoms with Crippen molar-refractivity contribution in [3.63, 3.8) is 0 Å². The Bertz CT molecular complexity index is 444. The molecule has 0 aliphatic carbocycles. The van der Waals surface area contributed by atoms with Gasteiger partial charge in [0, 0.05) is 5.38 Å². The molecule has 0 spiro atoms. The van der Waals surface area contributed by atoms with Crippen LogP contribution in [0.2, 0.25) is 0 Å². The lowest BCUT2D eigenvalue weighted by Crippen LogP contribution is -2.18. The van der Waals surface area contributed by atoms with Gasteiger partial charge in [0.25, 0.3) is 0 Å². The molecule has 0 saturated carbocycles. The van der Waals surface area contributed by atoms with E-state index in [2.05, 4.69) is 0 Å². The fourth-order valence-corrected chi connectivity index (χ4v) is 1.99. The van der Waals surface area contributed by atoms with Crippen LogP contribution in [0.15, 0.2) is 24.3 Å². The molecule has 0 fully saturated rings. The number of rotatable bonds is 5. The molecule has 0 heterocycles. The zero-order valence-electron chi connectivity index (χ0n) is 10.2. The zero-order chi connectivity index (χ0) is 14.6. The van der Waals surface area contributed by atoms with Crippen molar-refractivity contribution in [3.05, 3.63) is 35.4 Å². The van der Waals surface area contributed by atoms with Gasteiger partial charge >= 0.3 is 12.1 Å². The standard InChI is InChI=1S/C13H14ClF3O2/c1-8(14)6-7-10(12(18)19)9-4-2-3-5-11(9)13(15,16)17/h2-5,8,10H,6-7H2,1H3,(H,18,19). The van der Waals surface area contributed by atoms with E-state index >= 15 is 0 Å². The Morgan fingerprint density at radius 2 is 1.89 bits per heavy atom. The average molecular weight is 295 g/mol. The van der Waals surface area contributed by atoms with Gasteiger partial charge in [-0.1, -0.05) is 18.2 Å². The van der Waals surface area contributed by atoms with Gasteiger partial charge in [0.1, 0.15) is 0 Å². The van der Waals surface area contributed by atoms with Crippen molar-refractivity contribution in [1.82, 2.24) is 0 Å². The van der Waals surface area contributed by atoms with Crippen molar-refractivity contribution in [1.29, 1.82) is 0 Å². The van der Waals surface area contributed by atoms with Gasteiger partial charge in [-0.3, -0.25) is 4.79 Å². The van der Waals surface area contributed by atoms with Crippen LogP contribution in [0.25, 0.3) is 0 Å². The second kappa shape index (κ2) is 6.28. The van der Waals surface area contributed by atoms with Gasteiger partial charge in [0.05, 0.1) is 11.5 Å². The Morgan fingerprint density at radius 1 is 1.32 bits per heavy atom. The first kappa shape index (κ1) is 15.8. The van der Waals surface area contributed by atoms with E-state index in [-0.39, 0.29) is 17.4 Å². The van der Waals surface area contributed by atoms with E-state index in [9.17, 15) is 18.0 Å². The summed E-state index contributed by atoms with van der Waals surface area (Å²) in [6.45, 7) is 1.68. The summed E-state index contributed by atoms with van der Waals surface area (Å²) in [6.07, 6.45) is -4.14. The third-order valence-corrected chi connectivity index (χ3v) is 3.01. The lowest BCUT2D eigenvalue weighted by atomic mass is 9.90. The van der Waals surface area contributed by atoms with Crippen LogP contribution in [0, 0.1) is 0 Å². The number of carbonyl (C=O) groups is 1. The molecule has 0 amide bonds. The van der Waals surface area contributed by atoms with Crippen molar-refractivity contribution in [2.75, 3.05) is 0 Å². The van der Waals surface area contributed by atoms with Gasteiger partial charge in [-0.15, -0.1) is 11.6 Å². The van der Waals surface area contributed by atoms with Crippen molar-refractivity contribution < 1.29 is 23.1 Å². The predicted octanol–water partition coefficient (Wildman–Crippen LogP) is 4.28. The third kappa shape index (κ3) is 4.42. The first-order valence-electron chi connectivity index (χ1n) is 5.76. The van der Waals surface area contributed by atoms with Gasteiger partial charge < -0.3 is 5.11 Å². The molecule has 0 radical (unpaired) electrons. The second-order valence-electron chi connectivity index (χ2n) is 4.33. The summed E-state index contributed by atoms with van der Waals surface area (Å²) in [5.41, 5.74) is -1.11. The highest BCUT2D eigenvalue weighted by Crippen LogP contribution is 2.36. The fourth-order valence-electron chi connectivity index (χ4n) is 1.87. The molecule has 0 aromatic heterocycles. The van der Waals surface area contributed by atoms with Gasteiger partial charge in [0.2, 0.25) is 0 Å². The average Bonchev–Trinajstić information content (AvgIpc) is 2.27. The lowest BCUT2D eigenvalue weighted by molar-refractivity contribution is -0.141. The molecule has 0 bridgehead atoms. The maximum Gasteiger partial charge on any atom is 0.416 e. The monoisotopic (exact) mass is 294 g/mol. The minimum Gasteiger partial charge on any atom is -0.481 e. The largest absolute Gasteiger partial charge is 0.481 e. The Morgan fingerprint density at radius 3 is 2.37 bits per heavy atom. The molecule has 19 heavy (non-hydrogen) atoms. The van der Waals surface area contributed by atoms with Gasteiger partial charge in [-0.05, 0) is 31.4 Å². The number of hydrogen-bond acceptors (Lipinski definition) is 1. The SMILES string of the molecule is CC(Cl)CCC(C(=O)O)c1ccccc1C(F)(F)F. The summed E-state index contributed by atoms with van der Waals surface area (Å²) >= 11 is 5.73. The van der Waals surface area contributed by atoms with Crippen LogP contribution in [0.5, 0.6) is 0 Å². The second-order valence-corrected chi connectivity index (χ2v) is 5.08. The molecule has 106 valence electrons. The third-order valence-electron chi connectivity index (χ3n) is 2.79. The molecule has 0 aliphatic rings. The molecular weight excluding hydrogens is 281 g/mol. The molecule has 1 aromatic rings. The van der Waals surface area contributed by atoms with Crippen molar-refractivity contribution in [3.8, 4) is 0 Å². The molecule has 2 nitrogen and oxygen atoms in total. The molecule has 1 aromatic carbocycles. The molecule has 0 aliphatic heterocycles. The summed E-state index contributed by atoms with van der Waals surface area (Å²) in [5, 5.41) is 8.84. The summed E-state index contributed by atoms with van der Waals surface area (Å²) in [7, 11) is 0. The van der Waals surface area contributed by atoms with E-state index < -0.39 is 23.6 Å². The first-order valence-corrected chi connectivity index (χ1v) is 6.20. The maximum atomic E-state index is 12.9. The minimum atomic E-state index is -4.56. The molecule has 2 unspecified atom stereocenters. The number of carboxylic acid groups (broad SMARTS) is 1. The molecule has 2 atom stereocenters. The Hall–Kier alpha value is -1.23. The van der Waals surface area contributed by atoms with Gasteiger partial charge in [0.15, 0.2) is 0 Å². The number of halogens is 4. The molecule has 1 rings (SSSR count). The number of benzene rings is 1. The lowest BCUT2D eigenvalue weighted by Gasteiger charge is -2.18. The Labute approximate surface area is 114 Å². The number of hydrogen-bond donors (Lipinski definition) is 1. The molecule has 6 heteroatoms. The summed E-state index contributed by atoms with van der Waals surface area (Å²) in [4.78, 5) is 11.2. The fraction of sp³-hybridized carbons (Fsp3) is 0.462. The van der Waals surface area contributed by atoms with E-state index in [0.29, 0.717) is 6.42 Å².